The van der Waals surface area contributed by atoms with Gasteiger partial charge in [0.2, 0.25) is 10.0 Å². The largest absolute Gasteiger partial charge is 0.272 e. The Kier molecular flexibility index (Phi) is 8.31. The highest BCUT2D eigenvalue weighted by Crippen LogP contribution is 2.31. The van der Waals surface area contributed by atoms with Gasteiger partial charge in [0.15, 0.2) is 11.0 Å². The molecule has 1 aromatic heterocycles. The van der Waals surface area contributed by atoms with E-state index in [-0.39, 0.29) is 0 Å². The predicted molar refractivity (Wildman–Crippen MR) is 148 cm³/mol. The summed E-state index contributed by atoms with van der Waals surface area (Å²) in [6.07, 6.45) is 1.56. The molecular formula is C27H27ClN4O2S2. The molecule has 1 unspecified atom stereocenters. The maximum absolute atomic E-state index is 12.8. The van der Waals surface area contributed by atoms with Crippen LogP contribution in [0.3, 0.4) is 0 Å². The molecule has 3 aromatic carbocycles. The van der Waals surface area contributed by atoms with Crippen molar-refractivity contribution in [2.24, 2.45) is 0 Å². The van der Waals surface area contributed by atoms with Crippen LogP contribution in [0.1, 0.15) is 41.0 Å². The van der Waals surface area contributed by atoms with Crippen LogP contribution >= 0.6 is 23.4 Å². The van der Waals surface area contributed by atoms with Gasteiger partial charge in [-0.05, 0) is 61.2 Å². The quantitative estimate of drug-likeness (QED) is 0.247. The second-order valence-electron chi connectivity index (χ2n) is 8.42. The van der Waals surface area contributed by atoms with E-state index in [0.717, 1.165) is 22.2 Å². The standard InChI is InChI=1S/C27H27ClN4O2S2/c1-19-9-7-8-12-23(19)18-35-27-30-29-26(32(27)25-17-24(28)14-13-20(25)2)21(3)31-36(33,34)16-15-22-10-5-4-6-11-22/h4-17,21,31H,18H2,1-3H3/b16-15+. The van der Waals surface area contributed by atoms with Gasteiger partial charge in [-0.15, -0.1) is 10.2 Å². The summed E-state index contributed by atoms with van der Waals surface area (Å²) >= 11 is 7.88. The fourth-order valence-corrected chi connectivity index (χ4v) is 5.90. The molecule has 6 nitrogen and oxygen atoms in total. The van der Waals surface area contributed by atoms with Crippen molar-refractivity contribution in [3.05, 3.63) is 111 Å². The zero-order valence-electron chi connectivity index (χ0n) is 20.2. The van der Waals surface area contributed by atoms with Gasteiger partial charge in [-0.3, -0.25) is 4.57 Å². The van der Waals surface area contributed by atoms with Crippen LogP contribution in [0.5, 0.6) is 0 Å². The molecule has 1 atom stereocenters. The molecule has 0 amide bonds. The first kappa shape index (κ1) is 26.2. The van der Waals surface area contributed by atoms with Crippen LogP contribution in [0, 0.1) is 13.8 Å². The van der Waals surface area contributed by atoms with E-state index in [9.17, 15) is 8.42 Å². The number of halogens is 1. The molecular weight excluding hydrogens is 512 g/mol. The van der Waals surface area contributed by atoms with Crippen molar-refractivity contribution in [3.63, 3.8) is 0 Å². The Morgan fingerprint density at radius 1 is 1.00 bits per heavy atom. The fourth-order valence-electron chi connectivity index (χ4n) is 3.69. The Morgan fingerprint density at radius 3 is 2.47 bits per heavy atom. The van der Waals surface area contributed by atoms with E-state index in [0.29, 0.717) is 21.8 Å². The summed E-state index contributed by atoms with van der Waals surface area (Å²) in [6, 6.07) is 22.4. The Balaban J connectivity index is 1.66. The van der Waals surface area contributed by atoms with E-state index < -0.39 is 16.1 Å². The fraction of sp³-hybridized carbons (Fsp3) is 0.185. The van der Waals surface area contributed by atoms with Crippen molar-refractivity contribution < 1.29 is 8.42 Å². The minimum atomic E-state index is -3.74. The zero-order chi connectivity index (χ0) is 25.7. The number of nitrogens with zero attached hydrogens (tertiary/aromatic N) is 3. The smallest absolute Gasteiger partial charge is 0.234 e. The molecule has 4 aromatic rings. The number of hydrogen-bond acceptors (Lipinski definition) is 5. The van der Waals surface area contributed by atoms with E-state index in [1.807, 2.05) is 72.2 Å². The summed E-state index contributed by atoms with van der Waals surface area (Å²) in [6.45, 7) is 5.81. The Morgan fingerprint density at radius 2 is 1.72 bits per heavy atom. The molecule has 186 valence electrons. The molecule has 1 N–H and O–H groups in total. The highest BCUT2D eigenvalue weighted by atomic mass is 35.5. The van der Waals surface area contributed by atoms with Crippen molar-refractivity contribution in [2.75, 3.05) is 0 Å². The first-order chi connectivity index (χ1) is 17.2. The van der Waals surface area contributed by atoms with Crippen LogP contribution in [-0.2, 0) is 15.8 Å². The molecule has 36 heavy (non-hydrogen) atoms. The number of aryl methyl sites for hydroxylation is 2. The van der Waals surface area contributed by atoms with Crippen molar-refractivity contribution in [3.8, 4) is 5.69 Å². The monoisotopic (exact) mass is 538 g/mol. The van der Waals surface area contributed by atoms with Gasteiger partial charge in [0.05, 0.1) is 11.7 Å². The summed E-state index contributed by atoms with van der Waals surface area (Å²) in [5, 5.41) is 11.2. The molecule has 0 aliphatic heterocycles. The molecule has 9 heteroatoms. The molecule has 0 fully saturated rings. The molecule has 0 saturated heterocycles. The lowest BCUT2D eigenvalue weighted by molar-refractivity contribution is 0.564. The molecule has 0 bridgehead atoms. The van der Waals surface area contributed by atoms with Crippen molar-refractivity contribution >= 4 is 39.5 Å². The van der Waals surface area contributed by atoms with Crippen LogP contribution < -0.4 is 4.72 Å². The molecule has 4 rings (SSSR count). The Hall–Kier alpha value is -2.91. The number of benzene rings is 3. The van der Waals surface area contributed by atoms with Gasteiger partial charge in [0.25, 0.3) is 0 Å². The zero-order valence-corrected chi connectivity index (χ0v) is 22.6. The summed E-state index contributed by atoms with van der Waals surface area (Å²) in [5.74, 6) is 1.17. The first-order valence-corrected chi connectivity index (χ1v) is 14.3. The Bertz CT molecular complexity index is 1480. The highest BCUT2D eigenvalue weighted by molar-refractivity contribution is 7.98. The molecule has 0 radical (unpaired) electrons. The summed E-state index contributed by atoms with van der Waals surface area (Å²) < 4.78 is 30.2. The third-order valence-electron chi connectivity index (χ3n) is 5.66. The SMILES string of the molecule is Cc1ccccc1CSc1nnc(C(C)NS(=O)(=O)/C=C/c2ccccc2)n1-c1cc(Cl)ccc1C. The maximum Gasteiger partial charge on any atom is 0.234 e. The van der Waals surface area contributed by atoms with Gasteiger partial charge < -0.3 is 0 Å². The van der Waals surface area contributed by atoms with E-state index in [2.05, 4.69) is 34.0 Å². The van der Waals surface area contributed by atoms with Gasteiger partial charge in [0, 0.05) is 16.2 Å². The predicted octanol–water partition coefficient (Wildman–Crippen LogP) is 6.48. The Labute approximate surface area is 221 Å². The van der Waals surface area contributed by atoms with Gasteiger partial charge in [-0.2, -0.15) is 0 Å². The number of thioether (sulfide) groups is 1. The van der Waals surface area contributed by atoms with Crippen molar-refractivity contribution in [1.29, 1.82) is 0 Å². The van der Waals surface area contributed by atoms with Crippen LogP contribution in [0.4, 0.5) is 0 Å². The van der Waals surface area contributed by atoms with E-state index in [1.54, 1.807) is 24.8 Å². The lowest BCUT2D eigenvalue weighted by Crippen LogP contribution is -2.27. The maximum atomic E-state index is 12.8. The van der Waals surface area contributed by atoms with Gasteiger partial charge >= 0.3 is 0 Å². The summed E-state index contributed by atoms with van der Waals surface area (Å²) in [7, 11) is -3.74. The molecule has 0 aliphatic rings. The molecule has 0 aliphatic carbocycles. The van der Waals surface area contributed by atoms with Crippen molar-refractivity contribution in [1.82, 2.24) is 19.5 Å². The van der Waals surface area contributed by atoms with Gasteiger partial charge in [-0.25, -0.2) is 13.1 Å². The van der Waals surface area contributed by atoms with Crippen LogP contribution in [0.25, 0.3) is 11.8 Å². The number of hydrogen-bond donors (Lipinski definition) is 1. The van der Waals surface area contributed by atoms with E-state index >= 15 is 0 Å². The van der Waals surface area contributed by atoms with E-state index in [4.69, 9.17) is 11.6 Å². The topological polar surface area (TPSA) is 76.9 Å². The number of aromatic nitrogens is 3. The lowest BCUT2D eigenvalue weighted by atomic mass is 10.1. The average molecular weight is 539 g/mol. The highest BCUT2D eigenvalue weighted by Gasteiger charge is 2.24. The molecule has 1 heterocycles. The second kappa shape index (κ2) is 11.4. The van der Waals surface area contributed by atoms with Gasteiger partial charge in [-0.1, -0.05) is 84.0 Å². The third kappa shape index (κ3) is 6.44. The van der Waals surface area contributed by atoms with Crippen LogP contribution in [0.15, 0.2) is 83.4 Å². The summed E-state index contributed by atoms with van der Waals surface area (Å²) in [4.78, 5) is 0. The van der Waals surface area contributed by atoms with Gasteiger partial charge in [0.1, 0.15) is 0 Å². The molecule has 0 saturated carbocycles. The minimum absolute atomic E-state index is 0.476. The lowest BCUT2D eigenvalue weighted by Gasteiger charge is -2.17. The number of nitrogens with one attached hydrogen (secondary N) is 1. The third-order valence-corrected chi connectivity index (χ3v) is 8.05. The number of rotatable bonds is 9. The van der Waals surface area contributed by atoms with Crippen LogP contribution in [-0.4, -0.2) is 23.2 Å². The second-order valence-corrected chi connectivity index (χ2v) is 11.4. The normalized spacial score (nSPS) is 12.8. The first-order valence-electron chi connectivity index (χ1n) is 11.4. The molecule has 0 spiro atoms. The average Bonchev–Trinajstić information content (AvgIpc) is 3.28. The van der Waals surface area contributed by atoms with Crippen molar-refractivity contribution in [2.45, 2.75) is 37.7 Å². The minimum Gasteiger partial charge on any atom is -0.272 e. The summed E-state index contributed by atoms with van der Waals surface area (Å²) in [5.41, 5.74) is 4.96. The van der Waals surface area contributed by atoms with E-state index in [1.165, 1.54) is 11.1 Å². The van der Waals surface area contributed by atoms with Crippen LogP contribution in [0.2, 0.25) is 5.02 Å². The number of sulfonamides is 1.